The van der Waals surface area contributed by atoms with E-state index in [9.17, 15) is 4.79 Å². The quantitative estimate of drug-likeness (QED) is 0.865. The van der Waals surface area contributed by atoms with Gasteiger partial charge in [-0.3, -0.25) is 9.48 Å². The molecule has 0 radical (unpaired) electrons. The summed E-state index contributed by atoms with van der Waals surface area (Å²) in [5.74, 6) is 0.0781. The fraction of sp³-hybridized carbons (Fsp3) is 0.692. The van der Waals surface area contributed by atoms with Gasteiger partial charge in [0.15, 0.2) is 0 Å². The van der Waals surface area contributed by atoms with Gasteiger partial charge in [0.2, 0.25) is 0 Å². The summed E-state index contributed by atoms with van der Waals surface area (Å²) in [5.41, 5.74) is 1.56. The highest BCUT2D eigenvalue weighted by atomic mass is 16.2. The third kappa shape index (κ3) is 2.72. The third-order valence-electron chi connectivity index (χ3n) is 3.49. The lowest BCUT2D eigenvalue weighted by Crippen LogP contribution is -2.41. The zero-order chi connectivity index (χ0) is 13.1. The van der Waals surface area contributed by atoms with Gasteiger partial charge in [0.25, 0.3) is 5.91 Å². The van der Waals surface area contributed by atoms with E-state index in [4.69, 9.17) is 0 Å². The van der Waals surface area contributed by atoms with Crippen LogP contribution in [0, 0.1) is 6.92 Å². The Hall–Kier alpha value is -1.36. The Morgan fingerprint density at radius 2 is 2.44 bits per heavy atom. The molecule has 18 heavy (non-hydrogen) atoms. The summed E-state index contributed by atoms with van der Waals surface area (Å²) in [6.45, 7) is 6.53. The molecule has 0 aromatic carbocycles. The van der Waals surface area contributed by atoms with Crippen molar-refractivity contribution < 1.29 is 4.79 Å². The van der Waals surface area contributed by atoms with Crippen LogP contribution in [0.5, 0.6) is 0 Å². The number of nitrogens with one attached hydrogen (secondary N) is 1. The zero-order valence-corrected chi connectivity index (χ0v) is 11.4. The molecule has 1 N–H and O–H groups in total. The maximum Gasteiger partial charge on any atom is 0.272 e. The van der Waals surface area contributed by atoms with Gasteiger partial charge in [0.1, 0.15) is 5.69 Å². The highest BCUT2D eigenvalue weighted by Gasteiger charge is 2.23. The summed E-state index contributed by atoms with van der Waals surface area (Å²) >= 11 is 0. The zero-order valence-electron chi connectivity index (χ0n) is 11.4. The minimum absolute atomic E-state index is 0.0781. The molecule has 1 fully saturated rings. The predicted octanol–water partition coefficient (Wildman–Crippen LogP) is 0.943. The molecule has 0 aliphatic carbocycles. The molecule has 1 aliphatic heterocycles. The van der Waals surface area contributed by atoms with Crippen molar-refractivity contribution in [1.82, 2.24) is 20.0 Å². The van der Waals surface area contributed by atoms with Gasteiger partial charge in [0, 0.05) is 26.2 Å². The second-order valence-electron chi connectivity index (χ2n) is 4.93. The van der Waals surface area contributed by atoms with Gasteiger partial charge in [-0.1, -0.05) is 0 Å². The molecule has 5 nitrogen and oxygen atoms in total. The number of rotatable bonds is 4. The molecule has 1 amide bonds. The van der Waals surface area contributed by atoms with E-state index in [1.54, 1.807) is 4.68 Å². The first-order valence-electron chi connectivity index (χ1n) is 6.65. The lowest BCUT2D eigenvalue weighted by Gasteiger charge is -2.24. The second-order valence-corrected chi connectivity index (χ2v) is 4.93. The molecule has 1 aliphatic rings. The van der Waals surface area contributed by atoms with Crippen LogP contribution in [-0.2, 0) is 7.05 Å². The molecular weight excluding hydrogens is 228 g/mol. The Balaban J connectivity index is 2.07. The Bertz CT molecular complexity index is 421. The minimum atomic E-state index is 0.0781. The van der Waals surface area contributed by atoms with Crippen LogP contribution in [0.1, 0.15) is 35.9 Å². The summed E-state index contributed by atoms with van der Waals surface area (Å²) in [7, 11) is 1.82. The molecule has 0 spiro atoms. The van der Waals surface area contributed by atoms with Gasteiger partial charge in [-0.25, -0.2) is 0 Å². The van der Waals surface area contributed by atoms with E-state index in [2.05, 4.69) is 10.4 Å². The number of amides is 1. The first kappa shape index (κ1) is 13.1. The fourth-order valence-electron chi connectivity index (χ4n) is 2.51. The van der Waals surface area contributed by atoms with Crippen LogP contribution in [0.3, 0.4) is 0 Å². The van der Waals surface area contributed by atoms with Crippen LogP contribution in [-0.4, -0.2) is 46.3 Å². The molecule has 1 saturated heterocycles. The van der Waals surface area contributed by atoms with Crippen LogP contribution >= 0.6 is 0 Å². The van der Waals surface area contributed by atoms with E-state index in [1.807, 2.05) is 31.9 Å². The van der Waals surface area contributed by atoms with Crippen molar-refractivity contribution in [3.05, 3.63) is 17.5 Å². The van der Waals surface area contributed by atoms with Gasteiger partial charge in [-0.05, 0) is 39.3 Å². The molecule has 1 atom stereocenters. The summed E-state index contributed by atoms with van der Waals surface area (Å²) in [6, 6.07) is 2.30. The van der Waals surface area contributed by atoms with E-state index in [0.717, 1.165) is 31.7 Å². The maximum absolute atomic E-state index is 12.4. The molecule has 0 bridgehead atoms. The number of aromatic nitrogens is 2. The molecule has 0 saturated carbocycles. The van der Waals surface area contributed by atoms with E-state index >= 15 is 0 Å². The van der Waals surface area contributed by atoms with Crippen molar-refractivity contribution in [2.45, 2.75) is 32.7 Å². The van der Waals surface area contributed by atoms with E-state index in [1.165, 1.54) is 6.42 Å². The Labute approximate surface area is 108 Å². The third-order valence-corrected chi connectivity index (χ3v) is 3.49. The number of likely N-dealkylation sites (N-methyl/N-ethyl adjacent to an activating group) is 1. The van der Waals surface area contributed by atoms with E-state index in [0.29, 0.717) is 11.7 Å². The van der Waals surface area contributed by atoms with Crippen molar-refractivity contribution >= 4 is 5.91 Å². The van der Waals surface area contributed by atoms with Crippen molar-refractivity contribution in [1.29, 1.82) is 0 Å². The molecule has 100 valence electrons. The average molecular weight is 250 g/mol. The molecule has 2 rings (SSSR count). The first-order valence-corrected chi connectivity index (χ1v) is 6.65. The van der Waals surface area contributed by atoms with Crippen molar-refractivity contribution in [3.8, 4) is 0 Å². The average Bonchev–Trinajstić information content (AvgIpc) is 2.95. The van der Waals surface area contributed by atoms with Gasteiger partial charge in [0.05, 0.1) is 5.69 Å². The predicted molar refractivity (Wildman–Crippen MR) is 70.5 cm³/mol. The van der Waals surface area contributed by atoms with Crippen molar-refractivity contribution in [3.63, 3.8) is 0 Å². The lowest BCUT2D eigenvalue weighted by molar-refractivity contribution is 0.0740. The SMILES string of the molecule is CCN(CC1CCCN1)C(=O)c1cc(C)nn1C. The monoisotopic (exact) mass is 250 g/mol. The summed E-state index contributed by atoms with van der Waals surface area (Å²) in [6.07, 6.45) is 2.37. The highest BCUT2D eigenvalue weighted by Crippen LogP contribution is 2.11. The summed E-state index contributed by atoms with van der Waals surface area (Å²) in [5, 5.41) is 7.67. The standard InChI is InChI=1S/C13H22N4O/c1-4-17(9-11-6-5-7-14-11)13(18)12-8-10(2)15-16(12)3/h8,11,14H,4-7,9H2,1-3H3. The second kappa shape index (κ2) is 5.52. The number of hydrogen-bond acceptors (Lipinski definition) is 3. The maximum atomic E-state index is 12.4. The lowest BCUT2D eigenvalue weighted by atomic mass is 10.2. The number of carbonyl (C=O) groups excluding carboxylic acids is 1. The minimum Gasteiger partial charge on any atom is -0.336 e. The van der Waals surface area contributed by atoms with Gasteiger partial charge < -0.3 is 10.2 Å². The van der Waals surface area contributed by atoms with Crippen LogP contribution in [0.25, 0.3) is 0 Å². The summed E-state index contributed by atoms with van der Waals surface area (Å²) in [4.78, 5) is 14.3. The molecule has 5 heteroatoms. The Kier molecular flexibility index (Phi) is 4.01. The number of nitrogens with zero attached hydrogens (tertiary/aromatic N) is 3. The molecular formula is C13H22N4O. The normalized spacial score (nSPS) is 19.2. The topological polar surface area (TPSA) is 50.2 Å². The molecule has 1 aromatic heterocycles. The number of aryl methyl sites for hydroxylation is 2. The molecule has 1 aromatic rings. The van der Waals surface area contributed by atoms with Crippen LogP contribution < -0.4 is 5.32 Å². The van der Waals surface area contributed by atoms with E-state index < -0.39 is 0 Å². The smallest absolute Gasteiger partial charge is 0.272 e. The number of carbonyl (C=O) groups is 1. The van der Waals surface area contributed by atoms with Gasteiger partial charge >= 0.3 is 0 Å². The van der Waals surface area contributed by atoms with E-state index in [-0.39, 0.29) is 5.91 Å². The number of hydrogen-bond donors (Lipinski definition) is 1. The van der Waals surface area contributed by atoms with Gasteiger partial charge in [-0.2, -0.15) is 5.10 Å². The van der Waals surface area contributed by atoms with Crippen LogP contribution in [0.4, 0.5) is 0 Å². The molecule has 1 unspecified atom stereocenters. The fourth-order valence-corrected chi connectivity index (χ4v) is 2.51. The van der Waals surface area contributed by atoms with Crippen LogP contribution in [0.2, 0.25) is 0 Å². The Morgan fingerprint density at radius 1 is 1.67 bits per heavy atom. The van der Waals surface area contributed by atoms with Gasteiger partial charge in [-0.15, -0.1) is 0 Å². The highest BCUT2D eigenvalue weighted by molar-refractivity contribution is 5.92. The molecule has 2 heterocycles. The summed E-state index contributed by atoms with van der Waals surface area (Å²) < 4.78 is 1.67. The van der Waals surface area contributed by atoms with Crippen molar-refractivity contribution in [2.24, 2.45) is 7.05 Å². The van der Waals surface area contributed by atoms with Crippen molar-refractivity contribution in [2.75, 3.05) is 19.6 Å². The van der Waals surface area contributed by atoms with Crippen LogP contribution in [0.15, 0.2) is 6.07 Å². The first-order chi connectivity index (χ1) is 8.61. The largest absolute Gasteiger partial charge is 0.336 e. The Morgan fingerprint density at radius 3 is 2.94 bits per heavy atom.